The van der Waals surface area contributed by atoms with Crippen LogP contribution < -0.4 is 5.32 Å². The standard InChI is InChI=1S/C21H28N2O3/c24-19(16-4-5-16)22-18-8-6-17(7-9-18)21(10-2-1-3-11-21)20(25)23-12-14-26-15-13-23/h6-9,16H,1-5,10-15H2,(H,22,24). The molecule has 3 fully saturated rings. The Morgan fingerprint density at radius 2 is 1.65 bits per heavy atom. The number of nitrogens with zero attached hydrogens (tertiary/aromatic N) is 1. The summed E-state index contributed by atoms with van der Waals surface area (Å²) in [6.45, 7) is 2.65. The van der Waals surface area contributed by atoms with Crippen molar-refractivity contribution in [2.24, 2.45) is 5.92 Å². The van der Waals surface area contributed by atoms with Gasteiger partial charge in [0.15, 0.2) is 0 Å². The molecule has 1 aromatic carbocycles. The van der Waals surface area contributed by atoms with Crippen LogP contribution in [0.3, 0.4) is 0 Å². The van der Waals surface area contributed by atoms with Gasteiger partial charge in [-0.3, -0.25) is 9.59 Å². The molecule has 1 aromatic rings. The zero-order valence-corrected chi connectivity index (χ0v) is 15.3. The molecule has 0 spiro atoms. The van der Waals surface area contributed by atoms with Gasteiger partial charge in [-0.1, -0.05) is 31.4 Å². The fourth-order valence-electron chi connectivity index (χ4n) is 4.31. The zero-order chi connectivity index (χ0) is 18.0. The molecule has 1 saturated heterocycles. The van der Waals surface area contributed by atoms with Crippen molar-refractivity contribution in [1.82, 2.24) is 4.90 Å². The molecule has 2 amide bonds. The number of carbonyl (C=O) groups is 2. The van der Waals surface area contributed by atoms with Gasteiger partial charge in [-0.15, -0.1) is 0 Å². The van der Waals surface area contributed by atoms with Crippen LogP contribution >= 0.6 is 0 Å². The molecule has 3 aliphatic rings. The van der Waals surface area contributed by atoms with Crippen molar-refractivity contribution in [3.05, 3.63) is 29.8 Å². The SMILES string of the molecule is O=C(Nc1ccc(C2(C(=O)N3CCOCC3)CCCCC2)cc1)C1CC1. The van der Waals surface area contributed by atoms with Gasteiger partial charge >= 0.3 is 0 Å². The Bertz CT molecular complexity index is 654. The van der Waals surface area contributed by atoms with E-state index in [0.717, 1.165) is 49.8 Å². The number of hydrogen-bond donors (Lipinski definition) is 1. The lowest BCUT2D eigenvalue weighted by molar-refractivity contribution is -0.143. The number of hydrogen-bond acceptors (Lipinski definition) is 3. The highest BCUT2D eigenvalue weighted by Gasteiger charge is 2.43. The largest absolute Gasteiger partial charge is 0.378 e. The molecule has 5 heteroatoms. The average molecular weight is 356 g/mol. The highest BCUT2D eigenvalue weighted by molar-refractivity contribution is 5.94. The molecule has 1 aliphatic heterocycles. The van der Waals surface area contributed by atoms with Gasteiger partial charge in [0, 0.05) is 24.7 Å². The van der Waals surface area contributed by atoms with Crippen LogP contribution in [0, 0.1) is 5.92 Å². The molecule has 0 bridgehead atoms. The van der Waals surface area contributed by atoms with E-state index in [-0.39, 0.29) is 17.7 Å². The highest BCUT2D eigenvalue weighted by Crippen LogP contribution is 2.41. The van der Waals surface area contributed by atoms with Crippen LogP contribution in [-0.4, -0.2) is 43.0 Å². The van der Waals surface area contributed by atoms with Gasteiger partial charge in [-0.25, -0.2) is 0 Å². The number of anilines is 1. The fourth-order valence-corrected chi connectivity index (χ4v) is 4.31. The monoisotopic (exact) mass is 356 g/mol. The van der Waals surface area contributed by atoms with Gasteiger partial charge < -0.3 is 15.0 Å². The van der Waals surface area contributed by atoms with Gasteiger partial charge in [0.25, 0.3) is 0 Å². The van der Waals surface area contributed by atoms with Crippen molar-refractivity contribution in [1.29, 1.82) is 0 Å². The topological polar surface area (TPSA) is 58.6 Å². The molecule has 0 aromatic heterocycles. The molecule has 0 atom stereocenters. The first-order chi connectivity index (χ1) is 12.7. The van der Waals surface area contributed by atoms with E-state index in [9.17, 15) is 9.59 Å². The Morgan fingerprint density at radius 1 is 1.00 bits per heavy atom. The Balaban J connectivity index is 1.55. The van der Waals surface area contributed by atoms with Crippen molar-refractivity contribution < 1.29 is 14.3 Å². The summed E-state index contributed by atoms with van der Waals surface area (Å²) in [5.74, 6) is 0.576. The number of morpholine rings is 1. The lowest BCUT2D eigenvalue weighted by atomic mass is 9.68. The summed E-state index contributed by atoms with van der Waals surface area (Å²) in [6.07, 6.45) is 7.22. The second-order valence-corrected chi connectivity index (χ2v) is 7.89. The van der Waals surface area contributed by atoms with E-state index in [1.54, 1.807) is 0 Å². The Labute approximate surface area is 155 Å². The van der Waals surface area contributed by atoms with E-state index >= 15 is 0 Å². The maximum absolute atomic E-state index is 13.4. The lowest BCUT2D eigenvalue weighted by Gasteiger charge is -2.41. The first-order valence-corrected chi connectivity index (χ1v) is 9.98. The maximum Gasteiger partial charge on any atom is 0.233 e. The van der Waals surface area contributed by atoms with Crippen LogP contribution in [0.4, 0.5) is 5.69 Å². The zero-order valence-electron chi connectivity index (χ0n) is 15.3. The Morgan fingerprint density at radius 3 is 2.27 bits per heavy atom. The van der Waals surface area contributed by atoms with E-state index < -0.39 is 5.41 Å². The van der Waals surface area contributed by atoms with Crippen LogP contribution in [0.2, 0.25) is 0 Å². The number of benzene rings is 1. The van der Waals surface area contributed by atoms with Crippen LogP contribution in [0.1, 0.15) is 50.5 Å². The minimum absolute atomic E-state index is 0.120. The second-order valence-electron chi connectivity index (χ2n) is 7.89. The summed E-state index contributed by atoms with van der Waals surface area (Å²) in [4.78, 5) is 27.4. The summed E-state index contributed by atoms with van der Waals surface area (Å²) < 4.78 is 5.42. The predicted molar refractivity (Wildman–Crippen MR) is 100.0 cm³/mol. The molecule has 1 N–H and O–H groups in total. The normalized spacial score (nSPS) is 22.7. The van der Waals surface area contributed by atoms with Gasteiger partial charge in [0.2, 0.25) is 11.8 Å². The highest BCUT2D eigenvalue weighted by atomic mass is 16.5. The molecule has 1 heterocycles. The fraction of sp³-hybridized carbons (Fsp3) is 0.619. The Kier molecular flexibility index (Phi) is 4.98. The summed E-state index contributed by atoms with van der Waals surface area (Å²) >= 11 is 0. The van der Waals surface area contributed by atoms with Crippen LogP contribution in [0.5, 0.6) is 0 Å². The summed E-state index contributed by atoms with van der Waals surface area (Å²) in [6, 6.07) is 8.01. The van der Waals surface area contributed by atoms with Crippen molar-refractivity contribution in [2.45, 2.75) is 50.4 Å². The summed E-state index contributed by atoms with van der Waals surface area (Å²) in [5.41, 5.74) is 1.52. The number of rotatable bonds is 4. The van der Waals surface area contributed by atoms with Crippen LogP contribution in [0.15, 0.2) is 24.3 Å². The molecule has 2 saturated carbocycles. The van der Waals surface area contributed by atoms with E-state index in [2.05, 4.69) is 5.32 Å². The Hall–Kier alpha value is -1.88. The first-order valence-electron chi connectivity index (χ1n) is 9.98. The number of nitrogens with one attached hydrogen (secondary N) is 1. The van der Waals surface area contributed by atoms with Gasteiger partial charge in [0.1, 0.15) is 0 Å². The van der Waals surface area contributed by atoms with Crippen LogP contribution in [0.25, 0.3) is 0 Å². The molecule has 4 rings (SSSR count). The molecular formula is C21H28N2O3. The third-order valence-electron chi connectivity index (χ3n) is 6.07. The first kappa shape index (κ1) is 17.5. The minimum atomic E-state index is -0.408. The maximum atomic E-state index is 13.4. The molecule has 140 valence electrons. The summed E-state index contributed by atoms with van der Waals surface area (Å²) in [5, 5.41) is 2.99. The third-order valence-corrected chi connectivity index (χ3v) is 6.07. The molecule has 2 aliphatic carbocycles. The van der Waals surface area contributed by atoms with E-state index in [4.69, 9.17) is 4.74 Å². The van der Waals surface area contributed by atoms with E-state index in [0.29, 0.717) is 26.3 Å². The van der Waals surface area contributed by atoms with Crippen molar-refractivity contribution in [2.75, 3.05) is 31.6 Å². The smallest absolute Gasteiger partial charge is 0.233 e. The van der Waals surface area contributed by atoms with Crippen molar-refractivity contribution >= 4 is 17.5 Å². The lowest BCUT2D eigenvalue weighted by Crippen LogP contribution is -2.51. The van der Waals surface area contributed by atoms with Gasteiger partial charge in [0.05, 0.1) is 18.6 Å². The predicted octanol–water partition coefficient (Wildman–Crippen LogP) is 3.10. The quantitative estimate of drug-likeness (QED) is 0.902. The second kappa shape index (κ2) is 7.39. The third kappa shape index (κ3) is 3.50. The number of ether oxygens (including phenoxy) is 1. The number of amides is 2. The minimum Gasteiger partial charge on any atom is -0.378 e. The van der Waals surface area contributed by atoms with E-state index in [1.807, 2.05) is 29.2 Å². The van der Waals surface area contributed by atoms with Crippen LogP contribution in [-0.2, 0) is 19.7 Å². The van der Waals surface area contributed by atoms with E-state index in [1.165, 1.54) is 6.42 Å². The molecule has 5 nitrogen and oxygen atoms in total. The molecule has 0 radical (unpaired) electrons. The van der Waals surface area contributed by atoms with Crippen molar-refractivity contribution in [3.8, 4) is 0 Å². The molecule has 0 unspecified atom stereocenters. The summed E-state index contributed by atoms with van der Waals surface area (Å²) in [7, 11) is 0. The molecular weight excluding hydrogens is 328 g/mol. The van der Waals surface area contributed by atoms with Crippen molar-refractivity contribution in [3.63, 3.8) is 0 Å². The van der Waals surface area contributed by atoms with Gasteiger partial charge in [-0.2, -0.15) is 0 Å². The number of carbonyl (C=O) groups excluding carboxylic acids is 2. The molecule has 26 heavy (non-hydrogen) atoms. The van der Waals surface area contributed by atoms with Gasteiger partial charge in [-0.05, 0) is 43.4 Å². The average Bonchev–Trinajstić information content (AvgIpc) is 3.55.